The largest absolute Gasteiger partial charge is 0.462 e. The molecule has 78 valence electrons. The van der Waals surface area contributed by atoms with Crippen LogP contribution < -0.4 is 0 Å². The molecule has 0 aromatic carbocycles. The van der Waals surface area contributed by atoms with Gasteiger partial charge in [-0.1, -0.05) is 0 Å². The van der Waals surface area contributed by atoms with E-state index in [0.717, 1.165) is 11.2 Å². The van der Waals surface area contributed by atoms with Crippen molar-refractivity contribution >= 4 is 11.5 Å². The van der Waals surface area contributed by atoms with E-state index in [2.05, 4.69) is 5.10 Å². The van der Waals surface area contributed by atoms with E-state index in [4.69, 9.17) is 4.74 Å². The molecule has 0 aliphatic rings. The van der Waals surface area contributed by atoms with Gasteiger partial charge < -0.3 is 4.74 Å². The Hall–Kier alpha value is -1.84. The first-order valence-electron chi connectivity index (χ1n) is 4.84. The summed E-state index contributed by atoms with van der Waals surface area (Å²) in [6.45, 7) is 4.08. The Morgan fingerprint density at radius 3 is 3.07 bits per heavy atom. The number of aromatic nitrogens is 2. The van der Waals surface area contributed by atoms with Crippen molar-refractivity contribution in [2.24, 2.45) is 0 Å². The van der Waals surface area contributed by atoms with Gasteiger partial charge in [-0.25, -0.2) is 9.31 Å². The maximum atomic E-state index is 11.4. The molecular formula is C11H12N2O2. The number of rotatable bonds is 2. The molecule has 0 saturated heterocycles. The fraction of sp³-hybridized carbons (Fsp3) is 0.273. The molecule has 15 heavy (non-hydrogen) atoms. The van der Waals surface area contributed by atoms with Crippen molar-refractivity contribution in [3.05, 3.63) is 35.7 Å². The average molecular weight is 204 g/mol. The molecule has 0 amide bonds. The highest BCUT2D eigenvalue weighted by atomic mass is 16.5. The Labute approximate surface area is 87.5 Å². The molecule has 0 radical (unpaired) electrons. The molecule has 4 nitrogen and oxygen atoms in total. The summed E-state index contributed by atoms with van der Waals surface area (Å²) >= 11 is 0. The van der Waals surface area contributed by atoms with E-state index < -0.39 is 0 Å². The van der Waals surface area contributed by atoms with E-state index in [1.54, 1.807) is 23.7 Å². The minimum Gasteiger partial charge on any atom is -0.462 e. The van der Waals surface area contributed by atoms with Crippen LogP contribution in [0.25, 0.3) is 5.52 Å². The predicted octanol–water partition coefficient (Wildman–Crippen LogP) is 1.82. The molecule has 0 aliphatic heterocycles. The number of hydrogen-bond acceptors (Lipinski definition) is 3. The molecule has 0 atom stereocenters. The number of fused-ring (bicyclic) bond motifs is 1. The third-order valence-corrected chi connectivity index (χ3v) is 2.10. The molecule has 2 aromatic rings. The zero-order valence-electron chi connectivity index (χ0n) is 8.73. The van der Waals surface area contributed by atoms with E-state index in [0.29, 0.717) is 12.2 Å². The van der Waals surface area contributed by atoms with Gasteiger partial charge in [0, 0.05) is 6.20 Å². The summed E-state index contributed by atoms with van der Waals surface area (Å²) < 4.78 is 6.59. The molecule has 0 saturated carbocycles. The fourth-order valence-electron chi connectivity index (χ4n) is 1.42. The lowest BCUT2D eigenvalue weighted by Gasteiger charge is -1.96. The van der Waals surface area contributed by atoms with Crippen LogP contribution in [0.5, 0.6) is 0 Å². The lowest BCUT2D eigenvalue weighted by Crippen LogP contribution is -2.02. The summed E-state index contributed by atoms with van der Waals surface area (Å²) in [6.07, 6.45) is 1.68. The summed E-state index contributed by atoms with van der Waals surface area (Å²) in [5.74, 6) is -0.305. The van der Waals surface area contributed by atoms with Crippen molar-refractivity contribution in [2.75, 3.05) is 6.61 Å². The van der Waals surface area contributed by atoms with Crippen LogP contribution in [-0.2, 0) is 4.74 Å². The normalized spacial score (nSPS) is 10.5. The highest BCUT2D eigenvalue weighted by Gasteiger charge is 2.09. The van der Waals surface area contributed by atoms with Crippen LogP contribution in [0, 0.1) is 6.92 Å². The number of ether oxygens (including phenoxy) is 1. The SMILES string of the molecule is CCOC(=O)c1cc2ccc(C)nn2c1. The summed E-state index contributed by atoms with van der Waals surface area (Å²) in [5, 5.41) is 4.25. The number of hydrogen-bond donors (Lipinski definition) is 0. The monoisotopic (exact) mass is 204 g/mol. The second-order valence-corrected chi connectivity index (χ2v) is 3.29. The standard InChI is InChI=1S/C11H12N2O2/c1-3-15-11(14)9-6-10-5-4-8(2)12-13(10)7-9/h4-7H,3H2,1-2H3. The number of carbonyl (C=O) groups is 1. The second-order valence-electron chi connectivity index (χ2n) is 3.29. The molecule has 0 fully saturated rings. The van der Waals surface area contributed by atoms with Crippen molar-refractivity contribution in [2.45, 2.75) is 13.8 Å². The van der Waals surface area contributed by atoms with Crippen molar-refractivity contribution in [1.29, 1.82) is 0 Å². The summed E-state index contributed by atoms with van der Waals surface area (Å²) in [5.41, 5.74) is 2.34. The highest BCUT2D eigenvalue weighted by Crippen LogP contribution is 2.10. The van der Waals surface area contributed by atoms with Gasteiger partial charge in [0.15, 0.2) is 0 Å². The number of carbonyl (C=O) groups excluding carboxylic acids is 1. The van der Waals surface area contributed by atoms with Crippen molar-refractivity contribution in [1.82, 2.24) is 9.61 Å². The maximum absolute atomic E-state index is 11.4. The summed E-state index contributed by atoms with van der Waals surface area (Å²) in [4.78, 5) is 11.4. The number of nitrogens with zero attached hydrogens (tertiary/aromatic N) is 2. The van der Waals surface area contributed by atoms with Crippen LogP contribution in [0.15, 0.2) is 24.4 Å². The Morgan fingerprint density at radius 2 is 2.33 bits per heavy atom. The van der Waals surface area contributed by atoms with Crippen molar-refractivity contribution in [3.63, 3.8) is 0 Å². The molecule has 2 aromatic heterocycles. The lowest BCUT2D eigenvalue weighted by atomic mass is 10.3. The molecule has 2 heterocycles. The van der Waals surface area contributed by atoms with Crippen LogP contribution >= 0.6 is 0 Å². The zero-order chi connectivity index (χ0) is 10.8. The van der Waals surface area contributed by atoms with E-state index in [1.807, 2.05) is 19.1 Å². The zero-order valence-corrected chi connectivity index (χ0v) is 8.73. The first-order chi connectivity index (χ1) is 7.20. The predicted molar refractivity (Wildman–Crippen MR) is 55.9 cm³/mol. The third-order valence-electron chi connectivity index (χ3n) is 2.10. The van der Waals surface area contributed by atoms with Crippen LogP contribution in [-0.4, -0.2) is 22.2 Å². The maximum Gasteiger partial charge on any atom is 0.339 e. The van der Waals surface area contributed by atoms with Gasteiger partial charge in [0.05, 0.1) is 23.4 Å². The molecular weight excluding hydrogens is 192 g/mol. The topological polar surface area (TPSA) is 43.6 Å². The van der Waals surface area contributed by atoms with Gasteiger partial charge in [-0.05, 0) is 32.0 Å². The molecule has 0 N–H and O–H groups in total. The minimum atomic E-state index is -0.305. The van der Waals surface area contributed by atoms with Crippen molar-refractivity contribution < 1.29 is 9.53 Å². The van der Waals surface area contributed by atoms with Crippen LogP contribution in [0.2, 0.25) is 0 Å². The van der Waals surface area contributed by atoms with E-state index in [-0.39, 0.29) is 5.97 Å². The second kappa shape index (κ2) is 3.73. The fourth-order valence-corrected chi connectivity index (χ4v) is 1.42. The molecule has 4 heteroatoms. The lowest BCUT2D eigenvalue weighted by molar-refractivity contribution is 0.0526. The highest BCUT2D eigenvalue weighted by molar-refractivity contribution is 5.91. The van der Waals surface area contributed by atoms with Crippen LogP contribution in [0.3, 0.4) is 0 Å². The third kappa shape index (κ3) is 1.83. The Morgan fingerprint density at radius 1 is 1.53 bits per heavy atom. The van der Waals surface area contributed by atoms with Gasteiger partial charge >= 0.3 is 5.97 Å². The molecule has 0 unspecified atom stereocenters. The molecule has 0 aliphatic carbocycles. The number of aryl methyl sites for hydroxylation is 1. The minimum absolute atomic E-state index is 0.305. The molecule has 0 spiro atoms. The van der Waals surface area contributed by atoms with E-state index >= 15 is 0 Å². The smallest absolute Gasteiger partial charge is 0.339 e. The quantitative estimate of drug-likeness (QED) is 0.701. The Kier molecular flexibility index (Phi) is 2.41. The average Bonchev–Trinajstić information content (AvgIpc) is 2.60. The Balaban J connectivity index is 2.42. The van der Waals surface area contributed by atoms with E-state index in [1.165, 1.54) is 0 Å². The number of esters is 1. The Bertz CT molecular complexity index is 502. The van der Waals surface area contributed by atoms with Gasteiger partial charge in [0.25, 0.3) is 0 Å². The van der Waals surface area contributed by atoms with Gasteiger partial charge in [0.1, 0.15) is 0 Å². The molecule has 0 bridgehead atoms. The van der Waals surface area contributed by atoms with Gasteiger partial charge in [-0.2, -0.15) is 5.10 Å². The van der Waals surface area contributed by atoms with Gasteiger partial charge in [-0.3, -0.25) is 0 Å². The van der Waals surface area contributed by atoms with E-state index in [9.17, 15) is 4.79 Å². The van der Waals surface area contributed by atoms with Crippen LogP contribution in [0.4, 0.5) is 0 Å². The first-order valence-corrected chi connectivity index (χ1v) is 4.84. The first kappa shape index (κ1) is 9.71. The summed E-state index contributed by atoms with van der Waals surface area (Å²) in [6, 6.07) is 5.60. The van der Waals surface area contributed by atoms with Crippen molar-refractivity contribution in [3.8, 4) is 0 Å². The molecule has 2 rings (SSSR count). The van der Waals surface area contributed by atoms with Gasteiger partial charge in [0.2, 0.25) is 0 Å². The summed E-state index contributed by atoms with van der Waals surface area (Å²) in [7, 11) is 0. The van der Waals surface area contributed by atoms with Crippen LogP contribution in [0.1, 0.15) is 23.0 Å². The van der Waals surface area contributed by atoms with Gasteiger partial charge in [-0.15, -0.1) is 0 Å².